The van der Waals surface area contributed by atoms with Crippen LogP contribution in [0.5, 0.6) is 5.75 Å². The van der Waals surface area contributed by atoms with Gasteiger partial charge in [0.25, 0.3) is 0 Å². The molecule has 128 valence electrons. The molecule has 0 aliphatic heterocycles. The van der Waals surface area contributed by atoms with E-state index in [9.17, 15) is 0 Å². The first-order valence-corrected chi connectivity index (χ1v) is 8.91. The van der Waals surface area contributed by atoms with Crippen molar-refractivity contribution in [3.05, 3.63) is 100 Å². The highest BCUT2D eigenvalue weighted by molar-refractivity contribution is 6.31. The third kappa shape index (κ3) is 5.35. The summed E-state index contributed by atoms with van der Waals surface area (Å²) in [4.78, 5) is 0. The van der Waals surface area contributed by atoms with Gasteiger partial charge in [-0.1, -0.05) is 59.6 Å². The molecular formula is C22H23ClNO+. The highest BCUT2D eigenvalue weighted by Gasteiger charge is 2.02. The molecule has 0 heterocycles. The van der Waals surface area contributed by atoms with E-state index >= 15 is 0 Å². The summed E-state index contributed by atoms with van der Waals surface area (Å²) in [5.41, 5.74) is 4.94. The topological polar surface area (TPSA) is 25.8 Å². The molecule has 0 radical (unpaired) electrons. The molecule has 0 saturated heterocycles. The van der Waals surface area contributed by atoms with Gasteiger partial charge in [0.05, 0.1) is 0 Å². The van der Waals surface area contributed by atoms with Gasteiger partial charge in [0, 0.05) is 21.7 Å². The smallest absolute Gasteiger partial charge is 0.119 e. The van der Waals surface area contributed by atoms with Crippen LogP contribution in [-0.4, -0.2) is 0 Å². The minimum atomic E-state index is 0.485. The molecule has 0 fully saturated rings. The zero-order chi connectivity index (χ0) is 17.5. The Morgan fingerprint density at radius 1 is 0.800 bits per heavy atom. The molecule has 0 aliphatic carbocycles. The summed E-state index contributed by atoms with van der Waals surface area (Å²) >= 11 is 6.15. The number of benzene rings is 3. The third-order valence-corrected chi connectivity index (χ3v) is 4.52. The van der Waals surface area contributed by atoms with Crippen LogP contribution in [0.15, 0.2) is 72.8 Å². The molecular weight excluding hydrogens is 330 g/mol. The molecule has 0 aliphatic rings. The van der Waals surface area contributed by atoms with Crippen molar-refractivity contribution >= 4 is 11.6 Å². The van der Waals surface area contributed by atoms with E-state index in [4.69, 9.17) is 16.3 Å². The number of quaternary nitrogens is 1. The van der Waals surface area contributed by atoms with Crippen molar-refractivity contribution in [1.82, 2.24) is 0 Å². The lowest BCUT2D eigenvalue weighted by Gasteiger charge is -2.08. The third-order valence-electron chi connectivity index (χ3n) is 4.16. The molecule has 0 amide bonds. The minimum absolute atomic E-state index is 0.485. The molecule has 3 rings (SSSR count). The fourth-order valence-corrected chi connectivity index (χ4v) is 2.82. The Bertz CT molecular complexity index is 797. The van der Waals surface area contributed by atoms with Crippen molar-refractivity contribution in [2.45, 2.75) is 26.6 Å². The first kappa shape index (κ1) is 17.5. The van der Waals surface area contributed by atoms with Crippen molar-refractivity contribution in [3.8, 4) is 5.75 Å². The summed E-state index contributed by atoms with van der Waals surface area (Å²) in [5.74, 6) is 0.863. The lowest BCUT2D eigenvalue weighted by Crippen LogP contribution is -2.80. The molecule has 0 atom stereocenters. The van der Waals surface area contributed by atoms with Gasteiger partial charge in [-0.05, 0) is 37.3 Å². The van der Waals surface area contributed by atoms with Crippen LogP contribution in [0.2, 0.25) is 5.02 Å². The molecule has 0 aromatic heterocycles. The molecule has 2 N–H and O–H groups in total. The standard InChI is InChI=1S/C22H22ClNO/c1-17-6-8-18(9-7-17)14-24-15-19-10-12-21(13-11-19)25-16-20-4-2-3-5-22(20)23/h2-13,24H,14-16H2,1H3/p+1. The molecule has 0 spiro atoms. The molecule has 2 nitrogen and oxygen atoms in total. The molecule has 3 aromatic carbocycles. The average Bonchev–Trinajstić information content (AvgIpc) is 2.64. The fraction of sp³-hybridized carbons (Fsp3) is 0.182. The Morgan fingerprint density at radius 3 is 2.04 bits per heavy atom. The SMILES string of the molecule is Cc1ccc(C[NH2+]Cc2ccc(OCc3ccccc3Cl)cc2)cc1. The van der Waals surface area contributed by atoms with Crippen LogP contribution in [0.25, 0.3) is 0 Å². The largest absolute Gasteiger partial charge is 0.489 e. The normalized spacial score (nSPS) is 10.6. The molecule has 3 heteroatoms. The van der Waals surface area contributed by atoms with Crippen LogP contribution < -0.4 is 10.1 Å². The van der Waals surface area contributed by atoms with E-state index in [0.29, 0.717) is 6.61 Å². The Balaban J connectivity index is 1.47. The van der Waals surface area contributed by atoms with Crippen LogP contribution in [-0.2, 0) is 19.7 Å². The summed E-state index contributed by atoms with van der Waals surface area (Å²) in [5, 5.41) is 3.05. The zero-order valence-corrected chi connectivity index (χ0v) is 15.2. The van der Waals surface area contributed by atoms with Gasteiger partial charge in [0.2, 0.25) is 0 Å². The number of halogens is 1. The van der Waals surface area contributed by atoms with Gasteiger partial charge in [-0.3, -0.25) is 0 Å². The van der Waals surface area contributed by atoms with E-state index in [1.54, 1.807) is 0 Å². The zero-order valence-electron chi connectivity index (χ0n) is 14.4. The predicted octanol–water partition coefficient (Wildman–Crippen LogP) is 4.49. The van der Waals surface area contributed by atoms with E-state index < -0.39 is 0 Å². The van der Waals surface area contributed by atoms with Crippen LogP contribution in [0, 0.1) is 6.92 Å². The molecule has 0 bridgehead atoms. The van der Waals surface area contributed by atoms with Crippen LogP contribution in [0.1, 0.15) is 22.3 Å². The van der Waals surface area contributed by atoms with E-state index in [1.807, 2.05) is 36.4 Å². The van der Waals surface area contributed by atoms with Crippen molar-refractivity contribution in [2.24, 2.45) is 0 Å². The van der Waals surface area contributed by atoms with Crippen LogP contribution in [0.3, 0.4) is 0 Å². The summed E-state index contributed by atoms with van der Waals surface area (Å²) in [6.07, 6.45) is 0. The van der Waals surface area contributed by atoms with Gasteiger partial charge in [0.1, 0.15) is 25.4 Å². The van der Waals surface area contributed by atoms with E-state index in [-0.39, 0.29) is 0 Å². The Kier molecular flexibility index (Phi) is 6.10. The predicted molar refractivity (Wildman–Crippen MR) is 103 cm³/mol. The maximum atomic E-state index is 6.15. The monoisotopic (exact) mass is 352 g/mol. The second-order valence-electron chi connectivity index (χ2n) is 6.21. The minimum Gasteiger partial charge on any atom is -0.489 e. The van der Waals surface area contributed by atoms with Crippen molar-refractivity contribution < 1.29 is 10.1 Å². The first-order chi connectivity index (χ1) is 12.2. The number of hydrogen-bond acceptors (Lipinski definition) is 1. The summed E-state index contributed by atoms with van der Waals surface area (Å²) < 4.78 is 5.82. The summed E-state index contributed by atoms with van der Waals surface area (Å²) in [6, 6.07) is 24.7. The van der Waals surface area contributed by atoms with E-state index in [1.165, 1.54) is 16.7 Å². The van der Waals surface area contributed by atoms with Crippen LogP contribution >= 0.6 is 11.6 Å². The molecule has 0 saturated carbocycles. The van der Waals surface area contributed by atoms with Gasteiger partial charge in [-0.15, -0.1) is 0 Å². The van der Waals surface area contributed by atoms with Crippen molar-refractivity contribution in [2.75, 3.05) is 0 Å². The highest BCUT2D eigenvalue weighted by atomic mass is 35.5. The van der Waals surface area contributed by atoms with Gasteiger partial charge in [-0.2, -0.15) is 0 Å². The number of ether oxygens (including phenoxy) is 1. The number of rotatable bonds is 7. The lowest BCUT2D eigenvalue weighted by atomic mass is 10.1. The molecule has 25 heavy (non-hydrogen) atoms. The molecule has 3 aromatic rings. The quantitative estimate of drug-likeness (QED) is 0.666. The molecule has 0 unspecified atom stereocenters. The first-order valence-electron chi connectivity index (χ1n) is 8.53. The van der Waals surface area contributed by atoms with E-state index in [2.05, 4.69) is 48.6 Å². The second-order valence-corrected chi connectivity index (χ2v) is 6.61. The maximum Gasteiger partial charge on any atom is 0.119 e. The van der Waals surface area contributed by atoms with Gasteiger partial charge in [-0.25, -0.2) is 0 Å². The Morgan fingerprint density at radius 2 is 1.40 bits per heavy atom. The lowest BCUT2D eigenvalue weighted by molar-refractivity contribution is -0.686. The summed E-state index contributed by atoms with van der Waals surface area (Å²) in [7, 11) is 0. The van der Waals surface area contributed by atoms with Crippen molar-refractivity contribution in [3.63, 3.8) is 0 Å². The Labute approximate surface area is 154 Å². The van der Waals surface area contributed by atoms with E-state index in [0.717, 1.165) is 29.4 Å². The fourth-order valence-electron chi connectivity index (χ4n) is 2.63. The van der Waals surface area contributed by atoms with Crippen molar-refractivity contribution in [1.29, 1.82) is 0 Å². The van der Waals surface area contributed by atoms with Crippen LogP contribution in [0.4, 0.5) is 0 Å². The van der Waals surface area contributed by atoms with Gasteiger partial charge in [0.15, 0.2) is 0 Å². The van der Waals surface area contributed by atoms with Gasteiger partial charge < -0.3 is 10.1 Å². The second kappa shape index (κ2) is 8.70. The summed E-state index contributed by atoms with van der Waals surface area (Å²) in [6.45, 7) is 4.55. The highest BCUT2D eigenvalue weighted by Crippen LogP contribution is 2.18. The number of aryl methyl sites for hydroxylation is 1. The number of hydrogen-bond donors (Lipinski definition) is 1. The number of nitrogens with two attached hydrogens (primary N) is 1. The Hall–Kier alpha value is -2.29. The maximum absolute atomic E-state index is 6.15. The van der Waals surface area contributed by atoms with Gasteiger partial charge >= 0.3 is 0 Å². The average molecular weight is 353 g/mol.